The summed E-state index contributed by atoms with van der Waals surface area (Å²) in [6, 6.07) is 26.6. The molecule has 2 saturated carbocycles. The minimum atomic E-state index is -1.21. The molecule has 10 rings (SSSR count). The molecule has 9 heteroatoms. The predicted octanol–water partition coefficient (Wildman–Crippen LogP) is 5.98. The van der Waals surface area contributed by atoms with Gasteiger partial charge in [-0.1, -0.05) is 91.3 Å². The van der Waals surface area contributed by atoms with E-state index in [1.165, 1.54) is 24.8 Å². The third kappa shape index (κ3) is 3.74. The van der Waals surface area contributed by atoms with Crippen LogP contribution in [0.3, 0.4) is 0 Å². The van der Waals surface area contributed by atoms with E-state index in [2.05, 4.69) is 39.5 Å². The molecular formula is C38H31FN4O4. The van der Waals surface area contributed by atoms with Crippen molar-refractivity contribution in [2.45, 2.75) is 61.2 Å². The lowest BCUT2D eigenvalue weighted by molar-refractivity contribution is -0.123. The summed E-state index contributed by atoms with van der Waals surface area (Å²) in [7, 11) is 0. The summed E-state index contributed by atoms with van der Waals surface area (Å²) in [6.07, 6.45) is 4.17. The monoisotopic (exact) mass is 626 g/mol. The Kier molecular flexibility index (Phi) is 5.58. The number of carbonyl (C=O) groups excluding carboxylic acids is 4. The largest absolute Gasteiger partial charge is 0.322 e. The van der Waals surface area contributed by atoms with Crippen molar-refractivity contribution in [1.29, 1.82) is 0 Å². The van der Waals surface area contributed by atoms with Crippen molar-refractivity contribution < 1.29 is 23.6 Å². The number of fused-ring (bicyclic) bond motifs is 10. The highest BCUT2D eigenvalue weighted by Gasteiger charge is 2.57. The highest BCUT2D eigenvalue weighted by molar-refractivity contribution is 6.14. The molecule has 4 aromatic rings. The number of alkyl halides is 1. The minimum Gasteiger partial charge on any atom is -0.316 e. The molecule has 2 aliphatic heterocycles. The lowest BCUT2D eigenvalue weighted by Gasteiger charge is -2.28. The summed E-state index contributed by atoms with van der Waals surface area (Å²) in [5.74, 6) is -0.223. The zero-order chi connectivity index (χ0) is 32.3. The first-order valence-corrected chi connectivity index (χ1v) is 16.1. The SMILES string of the molecule is CC1(F)CC1c1ccc2c(c1)C1(NC(=O)NC1=O)c1ccccc1-2.O=C1NC(=O)C2(N1)c1ccccc1-c1ccc(C3CCC3)cc12. The molecular weight excluding hydrogens is 595 g/mol. The van der Waals surface area contributed by atoms with E-state index in [-0.39, 0.29) is 17.7 Å². The second kappa shape index (κ2) is 9.37. The van der Waals surface area contributed by atoms with E-state index in [1.54, 1.807) is 6.92 Å². The fourth-order valence-electron chi connectivity index (χ4n) is 8.28. The lowest BCUT2D eigenvalue weighted by atomic mass is 9.78. The Balaban J connectivity index is 0.000000129. The van der Waals surface area contributed by atoms with Gasteiger partial charge in [0.1, 0.15) is 5.67 Å². The number of carbonyl (C=O) groups is 4. The zero-order valence-electron chi connectivity index (χ0n) is 25.6. The van der Waals surface area contributed by atoms with Gasteiger partial charge in [0.25, 0.3) is 11.8 Å². The molecule has 6 aliphatic rings. The molecule has 4 fully saturated rings. The van der Waals surface area contributed by atoms with Gasteiger partial charge >= 0.3 is 12.1 Å². The highest BCUT2D eigenvalue weighted by atomic mass is 19.1. The normalized spacial score (nSPS) is 28.7. The molecule has 2 saturated heterocycles. The quantitative estimate of drug-likeness (QED) is 0.205. The number of rotatable bonds is 2. The molecule has 4 aromatic carbocycles. The van der Waals surface area contributed by atoms with Crippen LogP contribution in [0.4, 0.5) is 14.0 Å². The zero-order valence-corrected chi connectivity index (χ0v) is 25.6. The summed E-state index contributed by atoms with van der Waals surface area (Å²) < 4.78 is 14.1. The molecule has 4 aliphatic carbocycles. The molecule has 2 heterocycles. The highest BCUT2D eigenvalue weighted by Crippen LogP contribution is 2.57. The van der Waals surface area contributed by atoms with Crippen LogP contribution in [-0.2, 0) is 20.7 Å². The van der Waals surface area contributed by atoms with Crippen LogP contribution in [0.15, 0.2) is 84.9 Å². The number of hydrogen-bond acceptors (Lipinski definition) is 4. The van der Waals surface area contributed by atoms with Crippen molar-refractivity contribution in [3.05, 3.63) is 118 Å². The summed E-state index contributed by atoms with van der Waals surface area (Å²) in [6.45, 7) is 1.60. The maximum absolute atomic E-state index is 14.1. The molecule has 2 spiro atoms. The van der Waals surface area contributed by atoms with Crippen molar-refractivity contribution in [3.63, 3.8) is 0 Å². The van der Waals surface area contributed by atoms with Crippen molar-refractivity contribution in [1.82, 2.24) is 21.3 Å². The molecule has 47 heavy (non-hydrogen) atoms. The van der Waals surface area contributed by atoms with Gasteiger partial charge in [0.15, 0.2) is 11.1 Å². The third-order valence-electron chi connectivity index (χ3n) is 11.0. The van der Waals surface area contributed by atoms with Crippen molar-refractivity contribution in [2.75, 3.05) is 0 Å². The van der Waals surface area contributed by atoms with Crippen LogP contribution in [0, 0.1) is 0 Å². The second-order valence-electron chi connectivity index (χ2n) is 13.7. The van der Waals surface area contributed by atoms with Gasteiger partial charge in [0, 0.05) is 5.92 Å². The van der Waals surface area contributed by atoms with E-state index in [1.807, 2.05) is 66.7 Å². The van der Waals surface area contributed by atoms with Gasteiger partial charge in [0.2, 0.25) is 0 Å². The van der Waals surface area contributed by atoms with Gasteiger partial charge in [-0.05, 0) is 87.7 Å². The smallest absolute Gasteiger partial charge is 0.316 e. The molecule has 0 bridgehead atoms. The molecule has 234 valence electrons. The first-order valence-electron chi connectivity index (χ1n) is 16.1. The lowest BCUT2D eigenvalue weighted by Crippen LogP contribution is -2.43. The van der Waals surface area contributed by atoms with E-state index in [0.29, 0.717) is 12.3 Å². The van der Waals surface area contributed by atoms with Gasteiger partial charge in [0.05, 0.1) is 0 Å². The summed E-state index contributed by atoms with van der Waals surface area (Å²) in [5, 5.41) is 10.5. The molecule has 4 N–H and O–H groups in total. The van der Waals surface area contributed by atoms with E-state index >= 15 is 0 Å². The first kappa shape index (κ1) is 28.0. The van der Waals surface area contributed by atoms with Crippen molar-refractivity contribution in [3.8, 4) is 22.3 Å². The maximum Gasteiger partial charge on any atom is 0.322 e. The van der Waals surface area contributed by atoms with Gasteiger partial charge in [-0.3, -0.25) is 20.2 Å². The summed E-state index contributed by atoms with van der Waals surface area (Å²) in [4.78, 5) is 49.1. The summed E-state index contributed by atoms with van der Waals surface area (Å²) >= 11 is 0. The van der Waals surface area contributed by atoms with Crippen molar-refractivity contribution in [2.24, 2.45) is 0 Å². The Morgan fingerprint density at radius 1 is 0.617 bits per heavy atom. The van der Waals surface area contributed by atoms with E-state index in [4.69, 9.17) is 0 Å². The van der Waals surface area contributed by atoms with Crippen LogP contribution in [0.5, 0.6) is 0 Å². The molecule has 4 unspecified atom stereocenters. The Labute approximate surface area is 270 Å². The molecule has 0 aromatic heterocycles. The average molecular weight is 627 g/mol. The van der Waals surface area contributed by atoms with Gasteiger partial charge in [-0.2, -0.15) is 0 Å². The van der Waals surface area contributed by atoms with Crippen LogP contribution in [0.25, 0.3) is 22.3 Å². The number of amides is 6. The van der Waals surface area contributed by atoms with Crippen LogP contribution < -0.4 is 21.3 Å². The molecule has 6 amide bonds. The number of urea groups is 2. The van der Waals surface area contributed by atoms with E-state index in [9.17, 15) is 23.6 Å². The molecule has 0 radical (unpaired) electrons. The molecule has 4 atom stereocenters. The van der Waals surface area contributed by atoms with Gasteiger partial charge < -0.3 is 10.6 Å². The maximum atomic E-state index is 14.1. The fourth-order valence-corrected chi connectivity index (χ4v) is 8.28. The van der Waals surface area contributed by atoms with E-state index < -0.39 is 28.8 Å². The number of halogens is 1. The Morgan fingerprint density at radius 2 is 1.06 bits per heavy atom. The van der Waals surface area contributed by atoms with Gasteiger partial charge in [-0.15, -0.1) is 0 Å². The Hall–Kier alpha value is -5.31. The van der Waals surface area contributed by atoms with E-state index in [0.717, 1.165) is 50.1 Å². The van der Waals surface area contributed by atoms with Crippen LogP contribution >= 0.6 is 0 Å². The number of benzene rings is 4. The number of imide groups is 2. The average Bonchev–Trinajstić information content (AvgIpc) is 3.26. The topological polar surface area (TPSA) is 116 Å². The number of hydrogen-bond donors (Lipinski definition) is 4. The van der Waals surface area contributed by atoms with Crippen molar-refractivity contribution >= 4 is 23.9 Å². The molecule has 8 nitrogen and oxygen atoms in total. The number of nitrogens with one attached hydrogen (secondary N) is 4. The van der Waals surface area contributed by atoms with Crippen LogP contribution in [-0.4, -0.2) is 29.5 Å². The standard InChI is InChI=1S/C19H15FN2O2.C19H16N2O2/c1-18(20)9-15(18)10-6-7-12-11-4-2-3-5-13(11)19(14(12)8-10)16(23)21-17(24)22-19;22-17-19(21-18(23)20-17)15-7-2-1-6-13(15)14-9-8-12(10-16(14)19)11-4-3-5-11/h2-8,15H,9H2,1H3,(H2,21,22,23,24);1-2,6-11H,3-5H2,(H2,20,21,22,23). The Morgan fingerprint density at radius 3 is 1.49 bits per heavy atom. The van der Waals surface area contributed by atoms with Crippen LogP contribution in [0.1, 0.15) is 77.8 Å². The predicted molar refractivity (Wildman–Crippen MR) is 172 cm³/mol. The minimum absolute atomic E-state index is 0.149. The first-order chi connectivity index (χ1) is 22.6. The summed E-state index contributed by atoms with van der Waals surface area (Å²) in [5.41, 5.74) is 5.86. The van der Waals surface area contributed by atoms with Crippen LogP contribution in [0.2, 0.25) is 0 Å². The van der Waals surface area contributed by atoms with Gasteiger partial charge in [-0.25, -0.2) is 14.0 Å². The second-order valence-corrected chi connectivity index (χ2v) is 13.7. The third-order valence-corrected chi connectivity index (χ3v) is 11.0. The Bertz CT molecular complexity index is 2100. The fraction of sp³-hybridized carbons (Fsp3) is 0.263.